The zero-order valence-electron chi connectivity index (χ0n) is 8.52. The first kappa shape index (κ1) is 10.1. The van der Waals surface area contributed by atoms with E-state index in [1.165, 1.54) is 23.5 Å². The van der Waals surface area contributed by atoms with Crippen LogP contribution in [-0.2, 0) is 6.54 Å². The van der Waals surface area contributed by atoms with Crippen LogP contribution in [0.3, 0.4) is 0 Å². The van der Waals surface area contributed by atoms with Gasteiger partial charge in [0.05, 0.1) is 6.20 Å². The first-order valence-electron chi connectivity index (χ1n) is 5.17. The minimum atomic E-state index is 0.185. The zero-order chi connectivity index (χ0) is 9.97. The molecular weight excluding hydrogens is 194 g/mol. The molecule has 14 heavy (non-hydrogen) atoms. The third-order valence-corrected chi connectivity index (χ3v) is 4.02. The molecule has 1 aliphatic heterocycles. The molecule has 2 atom stereocenters. The van der Waals surface area contributed by atoms with Gasteiger partial charge in [0.25, 0.3) is 0 Å². The van der Waals surface area contributed by atoms with Crippen LogP contribution in [-0.4, -0.2) is 21.3 Å². The maximum Gasteiger partial charge on any atom is 0.0537 e. The molecule has 0 aromatic carbocycles. The number of hydrogen-bond donors (Lipinski definition) is 1. The van der Waals surface area contributed by atoms with E-state index in [0.717, 1.165) is 6.54 Å². The van der Waals surface area contributed by atoms with E-state index in [1.807, 2.05) is 22.6 Å². The Kier molecular flexibility index (Phi) is 3.13. The van der Waals surface area contributed by atoms with E-state index in [2.05, 4.69) is 18.2 Å². The van der Waals surface area contributed by atoms with Crippen LogP contribution in [0.2, 0.25) is 0 Å². The number of rotatable bonds is 3. The summed E-state index contributed by atoms with van der Waals surface area (Å²) in [6.07, 6.45) is 5.24. The summed E-state index contributed by atoms with van der Waals surface area (Å²) in [6.45, 7) is 3.01. The number of aryl methyl sites for hydroxylation is 1. The van der Waals surface area contributed by atoms with E-state index < -0.39 is 0 Å². The summed E-state index contributed by atoms with van der Waals surface area (Å²) < 4.78 is 1.94. The number of hydrogen-bond acceptors (Lipinski definition) is 3. The summed E-state index contributed by atoms with van der Waals surface area (Å²) in [4.78, 5) is 0. The smallest absolute Gasteiger partial charge is 0.0537 e. The van der Waals surface area contributed by atoms with Crippen LogP contribution in [0.4, 0.5) is 0 Å². The van der Waals surface area contributed by atoms with Gasteiger partial charge in [-0.05, 0) is 30.8 Å². The lowest BCUT2D eigenvalue weighted by molar-refractivity contribution is 0.481. The van der Waals surface area contributed by atoms with Crippen LogP contribution < -0.4 is 5.73 Å². The maximum atomic E-state index is 6.20. The Balaban J connectivity index is 2.05. The molecule has 78 valence electrons. The van der Waals surface area contributed by atoms with Gasteiger partial charge in [-0.1, -0.05) is 0 Å². The van der Waals surface area contributed by atoms with Crippen LogP contribution in [0, 0.1) is 5.92 Å². The average Bonchev–Trinajstić information content (AvgIpc) is 2.88. The van der Waals surface area contributed by atoms with Crippen molar-refractivity contribution in [3.63, 3.8) is 0 Å². The van der Waals surface area contributed by atoms with Crippen molar-refractivity contribution in [2.24, 2.45) is 11.7 Å². The molecule has 1 aliphatic rings. The quantitative estimate of drug-likeness (QED) is 0.827. The van der Waals surface area contributed by atoms with Gasteiger partial charge < -0.3 is 5.73 Å². The first-order valence-corrected chi connectivity index (χ1v) is 6.32. The fourth-order valence-electron chi connectivity index (χ4n) is 1.83. The van der Waals surface area contributed by atoms with Crippen molar-refractivity contribution in [3.8, 4) is 0 Å². The molecule has 1 aromatic rings. The Bertz CT molecular complexity index is 291. The molecule has 1 saturated heterocycles. The standard InChI is InChI=1S/C10H17N3S/c1-2-13-6-9(5-12-13)10(11)8-3-4-14-7-8/h5-6,8,10H,2-4,7,11H2,1H3. The van der Waals surface area contributed by atoms with Gasteiger partial charge >= 0.3 is 0 Å². The Morgan fingerprint density at radius 1 is 1.79 bits per heavy atom. The summed E-state index contributed by atoms with van der Waals surface area (Å²) >= 11 is 2.01. The zero-order valence-corrected chi connectivity index (χ0v) is 9.33. The number of aromatic nitrogens is 2. The van der Waals surface area contributed by atoms with E-state index in [4.69, 9.17) is 5.73 Å². The minimum absolute atomic E-state index is 0.185. The summed E-state index contributed by atoms with van der Waals surface area (Å²) in [7, 11) is 0. The molecule has 0 saturated carbocycles. The van der Waals surface area contributed by atoms with Crippen LogP contribution in [0.1, 0.15) is 24.9 Å². The number of nitrogens with two attached hydrogens (primary N) is 1. The van der Waals surface area contributed by atoms with Gasteiger partial charge in [0.15, 0.2) is 0 Å². The second-order valence-electron chi connectivity index (χ2n) is 3.78. The van der Waals surface area contributed by atoms with Gasteiger partial charge in [0.2, 0.25) is 0 Å². The molecule has 0 amide bonds. The SMILES string of the molecule is CCn1cc(C(N)C2CCSC2)cn1. The van der Waals surface area contributed by atoms with Crippen molar-refractivity contribution in [2.75, 3.05) is 11.5 Å². The maximum absolute atomic E-state index is 6.20. The monoisotopic (exact) mass is 211 g/mol. The second-order valence-corrected chi connectivity index (χ2v) is 4.93. The highest BCUT2D eigenvalue weighted by atomic mass is 32.2. The highest BCUT2D eigenvalue weighted by Gasteiger charge is 2.24. The van der Waals surface area contributed by atoms with Crippen molar-refractivity contribution in [3.05, 3.63) is 18.0 Å². The van der Waals surface area contributed by atoms with Crippen LogP contribution in [0.15, 0.2) is 12.4 Å². The van der Waals surface area contributed by atoms with Gasteiger partial charge in [-0.25, -0.2) is 0 Å². The normalized spacial score (nSPS) is 24.0. The lowest BCUT2D eigenvalue weighted by Gasteiger charge is -2.16. The Hall–Kier alpha value is -0.480. The highest BCUT2D eigenvalue weighted by Crippen LogP contribution is 2.32. The molecule has 0 bridgehead atoms. The predicted octanol–water partition coefficient (Wildman–Crippen LogP) is 1.66. The van der Waals surface area contributed by atoms with Gasteiger partial charge in [0.1, 0.15) is 0 Å². The van der Waals surface area contributed by atoms with E-state index in [9.17, 15) is 0 Å². The van der Waals surface area contributed by atoms with Crippen molar-refractivity contribution in [1.29, 1.82) is 0 Å². The molecule has 2 N–H and O–H groups in total. The fraction of sp³-hybridized carbons (Fsp3) is 0.700. The van der Waals surface area contributed by atoms with E-state index in [1.54, 1.807) is 0 Å². The molecular formula is C10H17N3S. The largest absolute Gasteiger partial charge is 0.324 e. The van der Waals surface area contributed by atoms with Crippen molar-refractivity contribution in [2.45, 2.75) is 25.9 Å². The summed E-state index contributed by atoms with van der Waals surface area (Å²) in [5.74, 6) is 3.12. The van der Waals surface area contributed by atoms with Gasteiger partial charge in [0, 0.05) is 24.3 Å². The molecule has 3 nitrogen and oxygen atoms in total. The second kappa shape index (κ2) is 4.36. The molecule has 1 aromatic heterocycles. The lowest BCUT2D eigenvalue weighted by atomic mass is 9.96. The van der Waals surface area contributed by atoms with E-state index >= 15 is 0 Å². The van der Waals surface area contributed by atoms with E-state index in [-0.39, 0.29) is 6.04 Å². The molecule has 4 heteroatoms. The van der Waals surface area contributed by atoms with Crippen molar-refractivity contribution < 1.29 is 0 Å². The van der Waals surface area contributed by atoms with Crippen molar-refractivity contribution >= 4 is 11.8 Å². The van der Waals surface area contributed by atoms with Crippen LogP contribution >= 0.6 is 11.8 Å². The molecule has 2 rings (SSSR count). The number of nitrogens with zero attached hydrogens (tertiary/aromatic N) is 2. The third kappa shape index (κ3) is 1.96. The molecule has 2 unspecified atom stereocenters. The Labute approximate surface area is 89.1 Å². The Morgan fingerprint density at radius 3 is 3.21 bits per heavy atom. The highest BCUT2D eigenvalue weighted by molar-refractivity contribution is 7.99. The predicted molar refractivity (Wildman–Crippen MR) is 60.3 cm³/mol. The Morgan fingerprint density at radius 2 is 2.64 bits per heavy atom. The molecule has 0 aliphatic carbocycles. The van der Waals surface area contributed by atoms with Crippen LogP contribution in [0.25, 0.3) is 0 Å². The minimum Gasteiger partial charge on any atom is -0.324 e. The summed E-state index contributed by atoms with van der Waals surface area (Å²) in [6, 6.07) is 0.185. The topological polar surface area (TPSA) is 43.8 Å². The van der Waals surface area contributed by atoms with E-state index in [0.29, 0.717) is 5.92 Å². The van der Waals surface area contributed by atoms with Gasteiger partial charge in [-0.3, -0.25) is 4.68 Å². The van der Waals surface area contributed by atoms with Gasteiger partial charge in [-0.2, -0.15) is 16.9 Å². The number of thioether (sulfide) groups is 1. The molecule has 0 radical (unpaired) electrons. The molecule has 0 spiro atoms. The fourth-order valence-corrected chi connectivity index (χ4v) is 3.15. The average molecular weight is 211 g/mol. The van der Waals surface area contributed by atoms with Crippen molar-refractivity contribution in [1.82, 2.24) is 9.78 Å². The lowest BCUT2D eigenvalue weighted by Crippen LogP contribution is -2.20. The molecule has 2 heterocycles. The third-order valence-electron chi connectivity index (χ3n) is 2.83. The van der Waals surface area contributed by atoms with Gasteiger partial charge in [-0.15, -0.1) is 0 Å². The van der Waals surface area contributed by atoms with Crippen LogP contribution in [0.5, 0.6) is 0 Å². The molecule has 1 fully saturated rings. The summed E-state index contributed by atoms with van der Waals surface area (Å²) in [5.41, 5.74) is 7.40. The first-order chi connectivity index (χ1) is 6.81. The summed E-state index contributed by atoms with van der Waals surface area (Å²) in [5, 5.41) is 4.26.